The van der Waals surface area contributed by atoms with Gasteiger partial charge >= 0.3 is 0 Å². The average Bonchev–Trinajstić information content (AvgIpc) is 4.00. The van der Waals surface area contributed by atoms with Crippen LogP contribution in [0.25, 0.3) is 0 Å². The van der Waals surface area contributed by atoms with Crippen LogP contribution >= 0.6 is 0 Å². The van der Waals surface area contributed by atoms with Crippen LogP contribution in [0.4, 0.5) is 11.4 Å². The lowest BCUT2D eigenvalue weighted by Crippen LogP contribution is -2.57. The predicted octanol–water partition coefficient (Wildman–Crippen LogP) is 13.3. The second-order valence-electron chi connectivity index (χ2n) is 23.0. The minimum Gasteiger partial charge on any atom is -0.497 e. The number of piperidine rings is 2. The smallest absolute Gasteiger partial charge is 0.254 e. The van der Waals surface area contributed by atoms with Gasteiger partial charge in [-0.3, -0.25) is 19.3 Å². The molecule has 0 aromatic heterocycles. The van der Waals surface area contributed by atoms with E-state index in [4.69, 9.17) is 23.7 Å². The third-order valence-corrected chi connectivity index (χ3v) is 17.7. The maximum Gasteiger partial charge on any atom is 0.254 e. The summed E-state index contributed by atoms with van der Waals surface area (Å²) in [6.45, 7) is 11.4. The summed E-state index contributed by atoms with van der Waals surface area (Å²) in [5.41, 5.74) is 7.22. The van der Waals surface area contributed by atoms with Crippen molar-refractivity contribution >= 4 is 29.0 Å². The van der Waals surface area contributed by atoms with Crippen molar-refractivity contribution in [2.24, 2.45) is 0 Å². The van der Waals surface area contributed by atoms with E-state index in [2.05, 4.69) is 88.4 Å². The lowest BCUT2D eigenvalue weighted by molar-refractivity contribution is -0.134. The Kier molecular flexibility index (Phi) is 20.6. The molecule has 0 spiro atoms. The maximum atomic E-state index is 14.0. The van der Waals surface area contributed by atoms with Gasteiger partial charge in [-0.2, -0.15) is 0 Å². The number of amides is 2. The molecule has 0 N–H and O–H groups in total. The molecule has 2 amide bonds. The van der Waals surface area contributed by atoms with E-state index in [1.165, 1.54) is 5.69 Å². The fraction of sp³-hybridized carbons (Fsp3) is 0.443. The zero-order chi connectivity index (χ0) is 57.5. The lowest BCUT2D eigenvalue weighted by Gasteiger charge is -2.50. The minimum absolute atomic E-state index is 0.0693. The lowest BCUT2D eigenvalue weighted by atomic mass is 9.80. The summed E-state index contributed by atoms with van der Waals surface area (Å²) in [6.07, 6.45) is 10.1. The molecule has 434 valence electrons. The molecule has 0 unspecified atom stereocenters. The Hall–Kier alpha value is -6.99. The summed E-state index contributed by atoms with van der Waals surface area (Å²) >= 11 is 0. The molecule has 3 aliphatic heterocycles. The number of unbranched alkanes of at least 4 members (excludes halogenated alkanes) is 3. The number of para-hydroxylation sites is 1. The van der Waals surface area contributed by atoms with Crippen molar-refractivity contribution in [3.63, 3.8) is 0 Å². The van der Waals surface area contributed by atoms with E-state index in [0.717, 1.165) is 134 Å². The van der Waals surface area contributed by atoms with E-state index < -0.39 is 5.60 Å². The predicted molar refractivity (Wildman–Crippen MR) is 326 cm³/mol. The molecule has 9 rings (SSSR count). The summed E-state index contributed by atoms with van der Waals surface area (Å²) in [6, 6.07) is 51.6. The summed E-state index contributed by atoms with van der Waals surface area (Å²) < 4.78 is 30.3. The number of methoxy groups -OCH3 is 3. The number of anilines is 2. The highest BCUT2D eigenvalue weighted by Crippen LogP contribution is 2.43. The van der Waals surface area contributed by atoms with Gasteiger partial charge in [0.2, 0.25) is 5.91 Å². The fourth-order valence-corrected chi connectivity index (χ4v) is 12.8. The molecule has 0 aliphatic carbocycles. The maximum absolute atomic E-state index is 14.0. The van der Waals surface area contributed by atoms with E-state index in [1.54, 1.807) is 21.3 Å². The monoisotopic (exact) mass is 1110 g/mol. The quantitative estimate of drug-likeness (QED) is 0.0385. The molecule has 12 heteroatoms. The number of benzene rings is 6. The number of rotatable bonds is 26. The van der Waals surface area contributed by atoms with Gasteiger partial charge in [0.1, 0.15) is 28.6 Å². The highest BCUT2D eigenvalue weighted by molar-refractivity contribution is 5.97. The molecule has 3 aliphatic rings. The molecular formula is C70H86N4O8. The van der Waals surface area contributed by atoms with Crippen LogP contribution in [-0.2, 0) is 24.7 Å². The van der Waals surface area contributed by atoms with Gasteiger partial charge in [0, 0.05) is 87.6 Å². The second-order valence-corrected chi connectivity index (χ2v) is 23.0. The fourth-order valence-electron chi connectivity index (χ4n) is 12.8. The van der Waals surface area contributed by atoms with Gasteiger partial charge in [-0.1, -0.05) is 104 Å². The van der Waals surface area contributed by atoms with Gasteiger partial charge in [-0.15, -0.1) is 0 Å². The number of hydrogen-bond donors (Lipinski definition) is 0. The van der Waals surface area contributed by atoms with Crippen LogP contribution in [0, 0.1) is 13.8 Å². The van der Waals surface area contributed by atoms with Crippen molar-refractivity contribution in [3.05, 3.63) is 185 Å². The Morgan fingerprint density at radius 3 is 1.72 bits per heavy atom. The molecule has 0 saturated carbocycles. The molecule has 0 bridgehead atoms. The first-order valence-corrected chi connectivity index (χ1v) is 29.9. The summed E-state index contributed by atoms with van der Waals surface area (Å²) in [7, 11) is 5.03. The molecule has 6 aromatic carbocycles. The van der Waals surface area contributed by atoms with Gasteiger partial charge in [-0.05, 0) is 161 Å². The zero-order valence-corrected chi connectivity index (χ0v) is 49.4. The van der Waals surface area contributed by atoms with Crippen LogP contribution in [0.1, 0.15) is 129 Å². The van der Waals surface area contributed by atoms with Crippen LogP contribution in [-0.4, -0.2) is 123 Å². The molecule has 2 atom stereocenters. The molecule has 82 heavy (non-hydrogen) atoms. The topological polar surface area (TPSA) is 110 Å². The zero-order valence-electron chi connectivity index (χ0n) is 49.4. The average molecular weight is 1110 g/mol. The van der Waals surface area contributed by atoms with Crippen LogP contribution in [0.2, 0.25) is 0 Å². The van der Waals surface area contributed by atoms with Gasteiger partial charge in [0.05, 0.1) is 39.6 Å². The third-order valence-electron chi connectivity index (χ3n) is 17.7. The molecule has 12 nitrogen and oxygen atoms in total. The van der Waals surface area contributed by atoms with E-state index in [1.807, 2.05) is 104 Å². The largest absolute Gasteiger partial charge is 0.497 e. The standard InChI is InChI=1S/C70H86N4O8/c1-52-19-17-20-53(2)67(52)68(77)71-46-42-69(3,43-47-71)72-44-40-59(41-45-72)74(57-23-13-10-14-24-57)58-32-38-64(39-33-58)81-48-18-26-61(75)25-15-7-8-16-27-66(76)73-50-65(80-6)49-60(73)51-82-70(54-21-11-9-12-22-54,55-28-34-62(78-4)35-29-55)56-30-36-63(79-5)37-31-56/h9-14,17,19-24,28-39,59-60,65H,7-8,15-16,18,25-27,40-51H2,1-6H3/t60-,65+/m0/s1. The Morgan fingerprint density at radius 2 is 1.13 bits per heavy atom. The molecule has 3 fully saturated rings. The van der Waals surface area contributed by atoms with Crippen LogP contribution in [0.5, 0.6) is 17.2 Å². The van der Waals surface area contributed by atoms with E-state index in [-0.39, 0.29) is 35.3 Å². The molecule has 3 heterocycles. The van der Waals surface area contributed by atoms with Crippen molar-refractivity contribution < 1.29 is 38.1 Å². The number of carbonyl (C=O) groups excluding carboxylic acids is 3. The normalized spacial score (nSPS) is 17.6. The van der Waals surface area contributed by atoms with Gasteiger partial charge in [0.15, 0.2) is 0 Å². The van der Waals surface area contributed by atoms with Crippen LogP contribution < -0.4 is 19.1 Å². The SMILES string of the molecule is COc1ccc(C(OC[C@@H]2C[C@@H](OC)CN2C(=O)CCCCCCC(=O)CCCOc2ccc(N(c3ccccc3)C3CCN(C4(C)CCN(C(=O)c5c(C)cccc5C)CC4)CC3)cc2)(c2ccccc2)c2ccc(OC)cc2)cc1. The second kappa shape index (κ2) is 28.3. The van der Waals surface area contributed by atoms with Crippen LogP contribution in [0.3, 0.4) is 0 Å². The Balaban J connectivity index is 0.701. The van der Waals surface area contributed by atoms with Gasteiger partial charge in [0.25, 0.3) is 5.91 Å². The molecule has 0 radical (unpaired) electrons. The third kappa shape index (κ3) is 14.2. The van der Waals surface area contributed by atoms with Gasteiger partial charge in [-0.25, -0.2) is 0 Å². The van der Waals surface area contributed by atoms with E-state index in [0.29, 0.717) is 57.9 Å². The van der Waals surface area contributed by atoms with Crippen molar-refractivity contribution in [2.45, 2.75) is 134 Å². The van der Waals surface area contributed by atoms with E-state index >= 15 is 0 Å². The number of carbonyl (C=O) groups is 3. The summed E-state index contributed by atoms with van der Waals surface area (Å²) in [5.74, 6) is 2.83. The van der Waals surface area contributed by atoms with Crippen LogP contribution in [0.15, 0.2) is 152 Å². The van der Waals surface area contributed by atoms with Crippen molar-refractivity contribution in [1.82, 2.24) is 14.7 Å². The molecule has 3 saturated heterocycles. The van der Waals surface area contributed by atoms with E-state index in [9.17, 15) is 14.4 Å². The van der Waals surface area contributed by atoms with Crippen molar-refractivity contribution in [2.75, 3.05) is 72.2 Å². The minimum atomic E-state index is -0.990. The summed E-state index contributed by atoms with van der Waals surface area (Å²) in [4.78, 5) is 49.8. The number of Topliss-reactive ketones (excluding diaryl/α,β-unsaturated/α-hetero) is 1. The molecule has 6 aromatic rings. The van der Waals surface area contributed by atoms with Crippen molar-refractivity contribution in [1.29, 1.82) is 0 Å². The first-order valence-electron chi connectivity index (χ1n) is 29.9. The highest BCUT2D eigenvalue weighted by Gasteiger charge is 2.43. The Bertz CT molecular complexity index is 2910. The number of ether oxygens (including phenoxy) is 5. The molecular weight excluding hydrogens is 1020 g/mol. The van der Waals surface area contributed by atoms with Gasteiger partial charge < -0.3 is 38.4 Å². The highest BCUT2D eigenvalue weighted by atomic mass is 16.5. The number of nitrogens with zero attached hydrogens (tertiary/aromatic N) is 4. The Morgan fingerprint density at radius 1 is 0.598 bits per heavy atom. The van der Waals surface area contributed by atoms with Crippen molar-refractivity contribution in [3.8, 4) is 17.2 Å². The number of likely N-dealkylation sites (tertiary alicyclic amines) is 3. The first kappa shape index (κ1) is 59.6. The number of aryl methyl sites for hydroxylation is 2. The Labute approximate surface area is 487 Å². The number of ketones is 1. The first-order chi connectivity index (χ1) is 39.9. The number of hydrogen-bond acceptors (Lipinski definition) is 10. The summed E-state index contributed by atoms with van der Waals surface area (Å²) in [5, 5.41) is 0.